The number of benzene rings is 2. The van der Waals surface area contributed by atoms with E-state index in [4.69, 9.17) is 32.7 Å². The maximum Gasteiger partial charge on any atom is 0.257 e. The first-order valence-electron chi connectivity index (χ1n) is 7.21. The first kappa shape index (κ1) is 17.4. The predicted molar refractivity (Wildman–Crippen MR) is 93.2 cm³/mol. The van der Waals surface area contributed by atoms with Crippen LogP contribution >= 0.6 is 23.2 Å². The molecule has 0 spiro atoms. The highest BCUT2D eigenvalue weighted by Crippen LogP contribution is 2.30. The number of carbonyl (C=O) groups excluding carboxylic acids is 1. The van der Waals surface area contributed by atoms with E-state index in [1.807, 2.05) is 13.8 Å². The Labute approximate surface area is 145 Å². The van der Waals surface area contributed by atoms with E-state index in [0.717, 1.165) is 0 Å². The third-order valence-corrected chi connectivity index (χ3v) is 3.53. The molecule has 1 amide bonds. The number of hydrogen-bond acceptors (Lipinski definition) is 3. The molecule has 1 N–H and O–H groups in total. The fourth-order valence-electron chi connectivity index (χ4n) is 2.01. The molecule has 0 aliphatic rings. The van der Waals surface area contributed by atoms with Crippen LogP contribution in [0.1, 0.15) is 24.2 Å². The van der Waals surface area contributed by atoms with Gasteiger partial charge in [0.15, 0.2) is 0 Å². The Morgan fingerprint density at radius 2 is 1.78 bits per heavy atom. The first-order chi connectivity index (χ1) is 11.0. The summed E-state index contributed by atoms with van der Waals surface area (Å²) in [7, 11) is 0. The van der Waals surface area contributed by atoms with Crippen LogP contribution in [0.4, 0.5) is 5.69 Å². The maximum absolute atomic E-state index is 12.4. The fraction of sp³-hybridized carbons (Fsp3) is 0.235. The van der Waals surface area contributed by atoms with Gasteiger partial charge in [-0.05, 0) is 44.2 Å². The van der Waals surface area contributed by atoms with Crippen molar-refractivity contribution in [1.82, 2.24) is 0 Å². The summed E-state index contributed by atoms with van der Waals surface area (Å²) in [6.07, 6.45) is 0. The van der Waals surface area contributed by atoms with E-state index < -0.39 is 0 Å². The van der Waals surface area contributed by atoms with E-state index in [1.54, 1.807) is 30.3 Å². The topological polar surface area (TPSA) is 47.6 Å². The van der Waals surface area contributed by atoms with Crippen LogP contribution in [-0.4, -0.2) is 19.1 Å². The van der Waals surface area contributed by atoms with Crippen molar-refractivity contribution in [2.24, 2.45) is 0 Å². The highest BCUT2D eigenvalue weighted by atomic mass is 35.5. The van der Waals surface area contributed by atoms with Gasteiger partial charge in [-0.15, -0.1) is 0 Å². The van der Waals surface area contributed by atoms with Gasteiger partial charge in [0, 0.05) is 11.1 Å². The molecule has 0 saturated carbocycles. The second kappa shape index (κ2) is 8.09. The highest BCUT2D eigenvalue weighted by Gasteiger charge is 2.14. The van der Waals surface area contributed by atoms with Crippen LogP contribution in [-0.2, 0) is 0 Å². The van der Waals surface area contributed by atoms with E-state index in [9.17, 15) is 4.79 Å². The van der Waals surface area contributed by atoms with Crippen LogP contribution < -0.4 is 14.8 Å². The van der Waals surface area contributed by atoms with Crippen LogP contribution in [0.3, 0.4) is 0 Å². The molecule has 4 nitrogen and oxygen atoms in total. The van der Waals surface area contributed by atoms with Crippen LogP contribution in [0.15, 0.2) is 36.4 Å². The second-order valence-corrected chi connectivity index (χ2v) is 5.45. The molecule has 122 valence electrons. The first-order valence-corrected chi connectivity index (χ1v) is 7.96. The normalized spacial score (nSPS) is 10.3. The second-order valence-electron chi connectivity index (χ2n) is 4.60. The van der Waals surface area contributed by atoms with Gasteiger partial charge in [0.05, 0.1) is 29.5 Å². The molecule has 0 heterocycles. The summed E-state index contributed by atoms with van der Waals surface area (Å²) in [5.74, 6) is 0.865. The van der Waals surface area contributed by atoms with E-state index in [2.05, 4.69) is 5.32 Å². The van der Waals surface area contributed by atoms with Crippen molar-refractivity contribution < 1.29 is 14.3 Å². The summed E-state index contributed by atoms with van der Waals surface area (Å²) in [5.41, 5.74) is 0.856. The molecule has 2 aromatic rings. The van der Waals surface area contributed by atoms with E-state index in [0.29, 0.717) is 41.0 Å². The van der Waals surface area contributed by atoms with E-state index >= 15 is 0 Å². The summed E-state index contributed by atoms with van der Waals surface area (Å²) in [6.45, 7) is 4.78. The minimum Gasteiger partial charge on any atom is -0.494 e. The zero-order chi connectivity index (χ0) is 16.8. The number of amides is 1. The zero-order valence-corrected chi connectivity index (χ0v) is 14.4. The predicted octanol–water partition coefficient (Wildman–Crippen LogP) is 5.04. The van der Waals surface area contributed by atoms with Gasteiger partial charge in [0.2, 0.25) is 0 Å². The Morgan fingerprint density at radius 1 is 1.04 bits per heavy atom. The summed E-state index contributed by atoms with van der Waals surface area (Å²) in [6, 6.07) is 9.98. The molecule has 0 atom stereocenters. The van der Waals surface area contributed by atoms with Gasteiger partial charge in [-0.3, -0.25) is 4.79 Å². The lowest BCUT2D eigenvalue weighted by Crippen LogP contribution is -2.13. The van der Waals surface area contributed by atoms with E-state index in [-0.39, 0.29) is 10.9 Å². The van der Waals surface area contributed by atoms with Crippen molar-refractivity contribution in [3.8, 4) is 11.5 Å². The summed E-state index contributed by atoms with van der Waals surface area (Å²) in [4.78, 5) is 12.4. The minimum atomic E-state index is -0.346. The molecule has 0 radical (unpaired) electrons. The molecule has 2 rings (SSSR count). The van der Waals surface area contributed by atoms with Gasteiger partial charge in [0.1, 0.15) is 11.5 Å². The number of anilines is 1. The largest absolute Gasteiger partial charge is 0.494 e. The summed E-state index contributed by atoms with van der Waals surface area (Å²) in [5, 5.41) is 3.56. The van der Waals surface area contributed by atoms with E-state index in [1.165, 1.54) is 6.07 Å². The van der Waals surface area contributed by atoms with Crippen LogP contribution in [0.25, 0.3) is 0 Å². The van der Waals surface area contributed by atoms with Crippen molar-refractivity contribution in [3.05, 3.63) is 52.0 Å². The molecule has 0 aliphatic carbocycles. The van der Waals surface area contributed by atoms with Crippen LogP contribution in [0, 0.1) is 0 Å². The highest BCUT2D eigenvalue weighted by molar-refractivity contribution is 6.37. The standard InChI is InChI=1S/C17H17Cl2NO3/c1-3-22-12-6-8-16(23-4-2)15(10-12)20-17(21)13-7-5-11(18)9-14(13)19/h5-10H,3-4H2,1-2H3,(H,20,21). The lowest BCUT2D eigenvalue weighted by atomic mass is 10.2. The monoisotopic (exact) mass is 353 g/mol. The molecule has 0 bridgehead atoms. The average Bonchev–Trinajstić information content (AvgIpc) is 2.50. The fourth-order valence-corrected chi connectivity index (χ4v) is 2.50. The Hall–Kier alpha value is -1.91. The number of halogens is 2. The van der Waals surface area contributed by atoms with Gasteiger partial charge in [-0.1, -0.05) is 23.2 Å². The van der Waals surface area contributed by atoms with Crippen LogP contribution in [0.5, 0.6) is 11.5 Å². The molecule has 6 heteroatoms. The number of carbonyl (C=O) groups is 1. The average molecular weight is 354 g/mol. The summed E-state index contributed by atoms with van der Waals surface area (Å²) >= 11 is 11.9. The van der Waals surface area contributed by atoms with Gasteiger partial charge in [-0.2, -0.15) is 0 Å². The van der Waals surface area contributed by atoms with Gasteiger partial charge < -0.3 is 14.8 Å². The van der Waals surface area contributed by atoms with Crippen molar-refractivity contribution in [1.29, 1.82) is 0 Å². The number of ether oxygens (including phenoxy) is 2. The van der Waals surface area contributed by atoms with Gasteiger partial charge in [0.25, 0.3) is 5.91 Å². The quantitative estimate of drug-likeness (QED) is 0.790. The molecular weight excluding hydrogens is 337 g/mol. The van der Waals surface area contributed by atoms with Crippen LogP contribution in [0.2, 0.25) is 10.0 Å². The summed E-state index contributed by atoms with van der Waals surface area (Å²) < 4.78 is 11.0. The molecule has 0 aromatic heterocycles. The number of nitrogens with one attached hydrogen (secondary N) is 1. The van der Waals surface area contributed by atoms with Crippen molar-refractivity contribution in [2.45, 2.75) is 13.8 Å². The molecule has 0 unspecified atom stereocenters. The van der Waals surface area contributed by atoms with Crippen molar-refractivity contribution in [3.63, 3.8) is 0 Å². The number of hydrogen-bond donors (Lipinski definition) is 1. The lowest BCUT2D eigenvalue weighted by Gasteiger charge is -2.14. The molecule has 0 saturated heterocycles. The third kappa shape index (κ3) is 4.53. The maximum atomic E-state index is 12.4. The number of rotatable bonds is 6. The molecule has 0 aliphatic heterocycles. The Kier molecular flexibility index (Phi) is 6.13. The molecule has 23 heavy (non-hydrogen) atoms. The molecule has 0 fully saturated rings. The minimum absolute atomic E-state index is 0.286. The molecule has 2 aromatic carbocycles. The SMILES string of the molecule is CCOc1ccc(OCC)c(NC(=O)c2ccc(Cl)cc2Cl)c1. The zero-order valence-electron chi connectivity index (χ0n) is 12.9. The van der Waals surface area contributed by atoms with Crippen molar-refractivity contribution >= 4 is 34.8 Å². The van der Waals surface area contributed by atoms with Gasteiger partial charge in [-0.25, -0.2) is 0 Å². The smallest absolute Gasteiger partial charge is 0.257 e. The lowest BCUT2D eigenvalue weighted by molar-refractivity contribution is 0.102. The van der Waals surface area contributed by atoms with Crippen molar-refractivity contribution in [2.75, 3.05) is 18.5 Å². The van der Waals surface area contributed by atoms with Gasteiger partial charge >= 0.3 is 0 Å². The Morgan fingerprint density at radius 3 is 2.43 bits per heavy atom. The molecular formula is C17H17Cl2NO3. The Balaban J connectivity index is 2.29. The Bertz CT molecular complexity index is 704. The third-order valence-electron chi connectivity index (χ3n) is 2.99.